The molecule has 2 N–H and O–H groups in total. The smallest absolute Gasteiger partial charge is 0.331 e. The number of likely N-dealkylation sites (N-methyl/N-ethyl adjacent to an activating group) is 2. The third-order valence-corrected chi connectivity index (χ3v) is 8.28. The molecule has 214 valence electrons. The van der Waals surface area contributed by atoms with Gasteiger partial charge in [-0.3, -0.25) is 14.5 Å². The van der Waals surface area contributed by atoms with Crippen LogP contribution in [-0.4, -0.2) is 69.5 Å². The Bertz CT molecular complexity index is 1300. The second kappa shape index (κ2) is 10.8. The molecule has 8 nitrogen and oxygen atoms in total. The van der Waals surface area contributed by atoms with Crippen LogP contribution in [0.3, 0.4) is 0 Å². The number of nitrogens with one attached hydrogen (secondary N) is 1. The van der Waals surface area contributed by atoms with E-state index in [9.17, 15) is 19.5 Å². The number of hydrogen-bond acceptors (Lipinski definition) is 4. The first-order chi connectivity index (χ1) is 17.9. The van der Waals surface area contributed by atoms with Crippen molar-refractivity contribution < 1.29 is 19.5 Å². The standard InChI is InChI=1S/C31H46N4O4/c1-18(2)22(16-19(3)29(38)39)35(11)28(37)25(30(4,5)6)32-27(36)26-31(7,8)24-20-14-12-13-15-21(20)34(10)23(24)17-33(26)9/h12-16,18,22,25-26H,17H2,1-11H3,(H,32,36)(H,38,39)/b19-16+/t22-,25-,26?/m1/s1. The predicted molar refractivity (Wildman–Crippen MR) is 155 cm³/mol. The molecule has 1 aromatic heterocycles. The van der Waals surface area contributed by atoms with E-state index >= 15 is 0 Å². The molecule has 2 aromatic rings. The van der Waals surface area contributed by atoms with Crippen molar-refractivity contribution in [1.82, 2.24) is 19.7 Å². The van der Waals surface area contributed by atoms with E-state index in [0.717, 1.165) is 10.9 Å². The van der Waals surface area contributed by atoms with Crippen molar-refractivity contribution in [2.75, 3.05) is 14.1 Å². The fraction of sp³-hybridized carbons (Fsp3) is 0.581. The zero-order valence-electron chi connectivity index (χ0n) is 25.4. The zero-order chi connectivity index (χ0) is 29.6. The molecule has 3 rings (SSSR count). The highest BCUT2D eigenvalue weighted by molar-refractivity contribution is 5.94. The molecule has 0 saturated carbocycles. The molecule has 2 amide bonds. The number of fused-ring (bicyclic) bond motifs is 3. The Morgan fingerprint density at radius 3 is 2.28 bits per heavy atom. The number of aromatic nitrogens is 1. The van der Waals surface area contributed by atoms with Gasteiger partial charge in [0.15, 0.2) is 0 Å². The number of aryl methyl sites for hydroxylation is 1. The summed E-state index contributed by atoms with van der Waals surface area (Å²) in [5.74, 6) is -1.47. The van der Waals surface area contributed by atoms with Crippen molar-refractivity contribution in [3.8, 4) is 0 Å². The number of carbonyl (C=O) groups is 3. The molecule has 0 saturated heterocycles. The summed E-state index contributed by atoms with van der Waals surface area (Å²) >= 11 is 0. The van der Waals surface area contributed by atoms with Crippen molar-refractivity contribution in [3.63, 3.8) is 0 Å². The molecular formula is C31H46N4O4. The Morgan fingerprint density at radius 1 is 1.15 bits per heavy atom. The SMILES string of the molecule is C/C(=C\[C@H](C(C)C)N(C)C(=O)[C@@H](NC(=O)C1N(C)Cc2c(c3ccccc3n2C)C1(C)C)C(C)(C)C)C(=O)O. The van der Waals surface area contributed by atoms with Gasteiger partial charge in [-0.25, -0.2) is 4.79 Å². The molecule has 2 heterocycles. The maximum Gasteiger partial charge on any atom is 0.331 e. The Kier molecular flexibility index (Phi) is 8.42. The van der Waals surface area contributed by atoms with E-state index in [2.05, 4.69) is 47.8 Å². The van der Waals surface area contributed by atoms with Crippen molar-refractivity contribution in [1.29, 1.82) is 0 Å². The summed E-state index contributed by atoms with van der Waals surface area (Å²) in [6.07, 6.45) is 1.62. The molecule has 0 spiro atoms. The molecule has 0 aliphatic carbocycles. The first-order valence-electron chi connectivity index (χ1n) is 13.7. The second-order valence-electron chi connectivity index (χ2n) is 13.1. The number of carboxylic acids is 1. The van der Waals surface area contributed by atoms with Crippen molar-refractivity contribution >= 4 is 28.7 Å². The first-order valence-corrected chi connectivity index (χ1v) is 13.7. The second-order valence-corrected chi connectivity index (χ2v) is 13.1. The fourth-order valence-electron chi connectivity index (χ4n) is 6.19. The van der Waals surface area contributed by atoms with Gasteiger partial charge in [-0.2, -0.15) is 0 Å². The molecule has 0 fully saturated rings. The molecule has 1 unspecified atom stereocenters. The largest absolute Gasteiger partial charge is 0.478 e. The number of aliphatic carboxylic acids is 1. The minimum absolute atomic E-state index is 0.0160. The average molecular weight is 539 g/mol. The van der Waals surface area contributed by atoms with Crippen LogP contribution in [-0.2, 0) is 33.4 Å². The minimum atomic E-state index is -1.02. The van der Waals surface area contributed by atoms with E-state index in [-0.39, 0.29) is 23.3 Å². The van der Waals surface area contributed by atoms with Crippen LogP contribution < -0.4 is 5.32 Å². The number of hydrogen-bond donors (Lipinski definition) is 2. The lowest BCUT2D eigenvalue weighted by Gasteiger charge is -2.45. The van der Waals surface area contributed by atoms with Crippen LogP contribution in [0.5, 0.6) is 0 Å². The molecule has 0 bridgehead atoms. The Morgan fingerprint density at radius 2 is 1.74 bits per heavy atom. The Balaban J connectivity index is 1.98. The summed E-state index contributed by atoms with van der Waals surface area (Å²) < 4.78 is 2.21. The quantitative estimate of drug-likeness (QED) is 0.512. The fourth-order valence-corrected chi connectivity index (χ4v) is 6.19. The van der Waals surface area contributed by atoms with E-state index in [1.165, 1.54) is 18.2 Å². The van der Waals surface area contributed by atoms with Crippen LogP contribution in [0.4, 0.5) is 0 Å². The van der Waals surface area contributed by atoms with Gasteiger partial charge in [0.1, 0.15) is 6.04 Å². The van der Waals surface area contributed by atoms with E-state index in [1.54, 1.807) is 18.0 Å². The number of nitrogens with zero attached hydrogens (tertiary/aromatic N) is 3. The van der Waals surface area contributed by atoms with Crippen LogP contribution in [0.15, 0.2) is 35.9 Å². The molecular weight excluding hydrogens is 492 g/mol. The third kappa shape index (κ3) is 5.62. The molecule has 1 aromatic carbocycles. The van der Waals surface area contributed by atoms with Gasteiger partial charge in [0.25, 0.3) is 0 Å². The van der Waals surface area contributed by atoms with Crippen molar-refractivity contribution in [2.24, 2.45) is 18.4 Å². The van der Waals surface area contributed by atoms with Crippen LogP contribution in [0.2, 0.25) is 0 Å². The maximum atomic E-state index is 14.1. The number of rotatable bonds is 7. The Labute approximate surface area is 233 Å². The van der Waals surface area contributed by atoms with Gasteiger partial charge >= 0.3 is 5.97 Å². The monoisotopic (exact) mass is 538 g/mol. The van der Waals surface area contributed by atoms with Crippen LogP contribution in [0.1, 0.15) is 66.6 Å². The number of amides is 2. The topological polar surface area (TPSA) is 94.9 Å². The third-order valence-electron chi connectivity index (χ3n) is 8.28. The van der Waals surface area contributed by atoms with E-state index in [1.807, 2.05) is 53.8 Å². The molecule has 1 aliphatic rings. The van der Waals surface area contributed by atoms with Crippen LogP contribution in [0.25, 0.3) is 10.9 Å². The number of benzene rings is 1. The number of carboxylic acid groups (broad SMARTS) is 1. The van der Waals surface area contributed by atoms with Crippen LogP contribution >= 0.6 is 0 Å². The summed E-state index contributed by atoms with van der Waals surface area (Å²) in [7, 11) is 5.71. The summed E-state index contributed by atoms with van der Waals surface area (Å²) in [4.78, 5) is 43.2. The van der Waals surface area contributed by atoms with Crippen molar-refractivity contribution in [3.05, 3.63) is 47.2 Å². The van der Waals surface area contributed by atoms with E-state index < -0.39 is 34.9 Å². The molecule has 1 aliphatic heterocycles. The molecule has 39 heavy (non-hydrogen) atoms. The maximum absolute atomic E-state index is 14.1. The predicted octanol–water partition coefficient (Wildman–Crippen LogP) is 4.31. The Hall–Kier alpha value is -3.13. The van der Waals surface area contributed by atoms with Gasteiger partial charge in [-0.05, 0) is 36.9 Å². The summed E-state index contributed by atoms with van der Waals surface area (Å²) in [6.45, 7) is 16.1. The lowest BCUT2D eigenvalue weighted by Crippen LogP contribution is -2.63. The minimum Gasteiger partial charge on any atom is -0.478 e. The van der Waals surface area contributed by atoms with Gasteiger partial charge in [0, 0.05) is 48.2 Å². The lowest BCUT2D eigenvalue weighted by molar-refractivity contribution is -0.142. The van der Waals surface area contributed by atoms with Gasteiger partial charge in [-0.1, -0.05) is 72.7 Å². The van der Waals surface area contributed by atoms with E-state index in [4.69, 9.17) is 0 Å². The zero-order valence-corrected chi connectivity index (χ0v) is 25.4. The highest BCUT2D eigenvalue weighted by Gasteiger charge is 2.48. The van der Waals surface area contributed by atoms with Crippen molar-refractivity contribution in [2.45, 2.75) is 85.5 Å². The summed E-state index contributed by atoms with van der Waals surface area (Å²) in [5.41, 5.74) is 2.59. The highest BCUT2D eigenvalue weighted by atomic mass is 16.4. The number of para-hydroxylation sites is 1. The molecule has 0 radical (unpaired) electrons. The summed E-state index contributed by atoms with van der Waals surface area (Å²) in [6, 6.07) is 6.56. The average Bonchev–Trinajstić information content (AvgIpc) is 3.11. The first kappa shape index (κ1) is 30.4. The summed E-state index contributed by atoms with van der Waals surface area (Å²) in [5, 5.41) is 13.7. The molecule has 8 heteroatoms. The molecule has 3 atom stereocenters. The van der Waals surface area contributed by atoms with Gasteiger partial charge in [0.05, 0.1) is 12.1 Å². The van der Waals surface area contributed by atoms with Gasteiger partial charge < -0.3 is 19.9 Å². The highest BCUT2D eigenvalue weighted by Crippen LogP contribution is 2.43. The van der Waals surface area contributed by atoms with Crippen LogP contribution in [0, 0.1) is 11.3 Å². The van der Waals surface area contributed by atoms with E-state index in [0.29, 0.717) is 6.54 Å². The lowest BCUT2D eigenvalue weighted by atomic mass is 9.72. The van der Waals surface area contributed by atoms with Gasteiger partial charge in [0.2, 0.25) is 11.8 Å². The van der Waals surface area contributed by atoms with Gasteiger partial charge in [-0.15, -0.1) is 0 Å². The number of carbonyl (C=O) groups excluding carboxylic acids is 2. The normalized spacial score (nSPS) is 19.5.